The van der Waals surface area contributed by atoms with Crippen molar-refractivity contribution in [2.24, 2.45) is 5.73 Å². The Labute approximate surface area is 167 Å². The van der Waals surface area contributed by atoms with Gasteiger partial charge < -0.3 is 10.6 Å². The summed E-state index contributed by atoms with van der Waals surface area (Å²) in [6.07, 6.45) is 2.06. The number of benzene rings is 2. The first kappa shape index (κ1) is 23.0. The molecular formula is C19H26ClN3O3S. The number of sulfonamides is 1. The van der Waals surface area contributed by atoms with Gasteiger partial charge in [-0.1, -0.05) is 42.5 Å². The molecule has 3 N–H and O–H groups in total. The predicted octanol–water partition coefficient (Wildman–Crippen LogP) is 2.05. The summed E-state index contributed by atoms with van der Waals surface area (Å²) < 4.78 is 25.1. The number of hydrogen-bond acceptors (Lipinski definition) is 4. The summed E-state index contributed by atoms with van der Waals surface area (Å²) in [6.45, 7) is 1.49. The molecule has 27 heavy (non-hydrogen) atoms. The minimum atomic E-state index is -3.35. The maximum atomic E-state index is 12.7. The van der Waals surface area contributed by atoms with Crippen LogP contribution in [0.2, 0.25) is 0 Å². The van der Waals surface area contributed by atoms with Crippen LogP contribution >= 0.6 is 12.4 Å². The summed E-state index contributed by atoms with van der Waals surface area (Å²) in [5.41, 5.74) is 8.03. The van der Waals surface area contributed by atoms with Gasteiger partial charge in [-0.15, -0.1) is 12.4 Å². The van der Waals surface area contributed by atoms with Crippen molar-refractivity contribution in [2.75, 3.05) is 30.6 Å². The van der Waals surface area contributed by atoms with E-state index in [0.717, 1.165) is 18.2 Å². The first-order valence-electron chi connectivity index (χ1n) is 8.46. The average Bonchev–Trinajstić information content (AvgIpc) is 2.58. The number of nitrogens with one attached hydrogen (secondary N) is 1. The van der Waals surface area contributed by atoms with Crippen LogP contribution in [0, 0.1) is 0 Å². The zero-order valence-electron chi connectivity index (χ0n) is 15.3. The lowest BCUT2D eigenvalue weighted by atomic mass is 10.1. The molecule has 0 aliphatic heterocycles. The molecular weight excluding hydrogens is 386 g/mol. The molecule has 1 amide bonds. The third-order valence-corrected chi connectivity index (χ3v) is 4.46. The molecule has 0 aliphatic rings. The van der Waals surface area contributed by atoms with Crippen molar-refractivity contribution in [2.45, 2.75) is 12.8 Å². The third-order valence-electron chi connectivity index (χ3n) is 3.85. The number of nitrogens with two attached hydrogens (primary N) is 1. The van der Waals surface area contributed by atoms with Crippen LogP contribution in [0.15, 0.2) is 54.6 Å². The lowest BCUT2D eigenvalue weighted by Crippen LogP contribution is -2.37. The largest absolute Gasteiger partial charge is 0.341 e. The Balaban J connectivity index is 0.00000364. The van der Waals surface area contributed by atoms with Gasteiger partial charge >= 0.3 is 0 Å². The second kappa shape index (κ2) is 10.9. The molecule has 0 saturated carbocycles. The normalized spacial score (nSPS) is 10.7. The van der Waals surface area contributed by atoms with Crippen LogP contribution in [0.1, 0.15) is 11.1 Å². The molecule has 2 aromatic carbocycles. The molecule has 0 radical (unpaired) electrons. The monoisotopic (exact) mass is 411 g/mol. The first-order chi connectivity index (χ1) is 12.4. The van der Waals surface area contributed by atoms with Crippen molar-refractivity contribution in [3.05, 3.63) is 65.7 Å². The Morgan fingerprint density at radius 3 is 2.33 bits per heavy atom. The number of anilines is 1. The Bertz CT molecular complexity index is 829. The molecule has 0 spiro atoms. The van der Waals surface area contributed by atoms with E-state index in [1.807, 2.05) is 36.4 Å². The van der Waals surface area contributed by atoms with Gasteiger partial charge in [0.05, 0.1) is 12.7 Å². The van der Waals surface area contributed by atoms with Crippen molar-refractivity contribution in [1.29, 1.82) is 0 Å². The number of nitrogens with zero attached hydrogens (tertiary/aromatic N) is 1. The summed E-state index contributed by atoms with van der Waals surface area (Å²) >= 11 is 0. The predicted molar refractivity (Wildman–Crippen MR) is 112 cm³/mol. The van der Waals surface area contributed by atoms with Gasteiger partial charge in [0, 0.05) is 25.3 Å². The van der Waals surface area contributed by atoms with E-state index in [0.29, 0.717) is 25.3 Å². The van der Waals surface area contributed by atoms with Crippen molar-refractivity contribution in [1.82, 2.24) is 4.90 Å². The lowest BCUT2D eigenvalue weighted by Gasteiger charge is -2.22. The molecule has 0 aromatic heterocycles. The second-order valence-electron chi connectivity index (χ2n) is 6.16. The number of carbonyl (C=O) groups is 1. The van der Waals surface area contributed by atoms with Gasteiger partial charge in [-0.25, -0.2) is 8.42 Å². The van der Waals surface area contributed by atoms with Gasteiger partial charge in [0.1, 0.15) is 0 Å². The van der Waals surface area contributed by atoms with E-state index >= 15 is 0 Å². The van der Waals surface area contributed by atoms with Crippen LogP contribution in [0.4, 0.5) is 5.69 Å². The third kappa shape index (κ3) is 8.43. The molecule has 0 atom stereocenters. The van der Waals surface area contributed by atoms with Gasteiger partial charge in [0.25, 0.3) is 0 Å². The fraction of sp³-hybridized carbons (Fsp3) is 0.316. The molecule has 0 heterocycles. The molecule has 0 bridgehead atoms. The lowest BCUT2D eigenvalue weighted by molar-refractivity contribution is -0.130. The summed E-state index contributed by atoms with van der Waals surface area (Å²) in [7, 11) is -3.35. The fourth-order valence-electron chi connectivity index (χ4n) is 2.67. The van der Waals surface area contributed by atoms with Gasteiger partial charge in [0.2, 0.25) is 15.9 Å². The molecule has 0 aliphatic carbocycles. The highest BCUT2D eigenvalue weighted by Gasteiger charge is 2.14. The van der Waals surface area contributed by atoms with Crippen LogP contribution in [-0.2, 0) is 27.7 Å². The number of rotatable bonds is 9. The van der Waals surface area contributed by atoms with Crippen molar-refractivity contribution in [3.8, 4) is 0 Å². The highest BCUT2D eigenvalue weighted by atomic mass is 35.5. The van der Waals surface area contributed by atoms with Gasteiger partial charge in [-0.2, -0.15) is 0 Å². The van der Waals surface area contributed by atoms with Crippen molar-refractivity contribution in [3.63, 3.8) is 0 Å². The standard InChI is InChI=1S/C19H25N3O3S.ClH/c1-26(24,25)21-18-9-5-8-17(14-18)15-19(23)22(13-11-20)12-10-16-6-3-2-4-7-16;/h2-9,14,21H,10-13,15,20H2,1H3;1H. The van der Waals surface area contributed by atoms with Crippen LogP contribution in [0.5, 0.6) is 0 Å². The molecule has 0 unspecified atom stereocenters. The Hall–Kier alpha value is -2.09. The van der Waals surface area contributed by atoms with E-state index in [4.69, 9.17) is 5.73 Å². The van der Waals surface area contributed by atoms with Crippen LogP contribution < -0.4 is 10.5 Å². The summed E-state index contributed by atoms with van der Waals surface area (Å²) in [5.74, 6) is -0.0251. The maximum absolute atomic E-state index is 12.7. The zero-order chi connectivity index (χ0) is 19.0. The summed E-state index contributed by atoms with van der Waals surface area (Å²) in [4.78, 5) is 14.4. The molecule has 2 aromatic rings. The smallest absolute Gasteiger partial charge is 0.229 e. The fourth-order valence-corrected chi connectivity index (χ4v) is 3.23. The minimum absolute atomic E-state index is 0. The molecule has 0 saturated heterocycles. The summed E-state index contributed by atoms with van der Waals surface area (Å²) in [5, 5.41) is 0. The van der Waals surface area contributed by atoms with Gasteiger partial charge in [-0.05, 0) is 29.7 Å². The first-order valence-corrected chi connectivity index (χ1v) is 10.3. The second-order valence-corrected chi connectivity index (χ2v) is 7.90. The molecule has 8 heteroatoms. The van der Waals surface area contributed by atoms with Gasteiger partial charge in [0.15, 0.2) is 0 Å². The molecule has 0 fully saturated rings. The number of hydrogen-bond donors (Lipinski definition) is 2. The van der Waals surface area contributed by atoms with Crippen LogP contribution in [0.3, 0.4) is 0 Å². The van der Waals surface area contributed by atoms with Crippen molar-refractivity contribution < 1.29 is 13.2 Å². The molecule has 6 nitrogen and oxygen atoms in total. The molecule has 148 valence electrons. The number of halogens is 1. The average molecular weight is 412 g/mol. The summed E-state index contributed by atoms with van der Waals surface area (Å²) in [6, 6.07) is 16.9. The zero-order valence-corrected chi connectivity index (χ0v) is 16.9. The minimum Gasteiger partial charge on any atom is -0.341 e. The highest BCUT2D eigenvalue weighted by Crippen LogP contribution is 2.13. The molecule has 2 rings (SSSR count). The number of carbonyl (C=O) groups excluding carboxylic acids is 1. The topological polar surface area (TPSA) is 92.5 Å². The maximum Gasteiger partial charge on any atom is 0.229 e. The van der Waals surface area contributed by atoms with E-state index in [1.165, 1.54) is 5.56 Å². The van der Waals surface area contributed by atoms with E-state index in [2.05, 4.69) is 4.72 Å². The van der Waals surface area contributed by atoms with Crippen LogP contribution in [0.25, 0.3) is 0 Å². The van der Waals surface area contributed by atoms with E-state index in [9.17, 15) is 13.2 Å². The van der Waals surface area contributed by atoms with E-state index < -0.39 is 10.0 Å². The van der Waals surface area contributed by atoms with Crippen molar-refractivity contribution >= 4 is 34.0 Å². The SMILES string of the molecule is CS(=O)(=O)Nc1cccc(CC(=O)N(CCN)CCc2ccccc2)c1.Cl. The van der Waals surface area contributed by atoms with Crippen LogP contribution in [-0.4, -0.2) is 45.1 Å². The number of amides is 1. The van der Waals surface area contributed by atoms with E-state index in [1.54, 1.807) is 23.1 Å². The highest BCUT2D eigenvalue weighted by molar-refractivity contribution is 7.92. The quantitative estimate of drug-likeness (QED) is 0.660. The Morgan fingerprint density at radius 2 is 1.70 bits per heavy atom. The Kier molecular flexibility index (Phi) is 9.28. The Morgan fingerprint density at radius 1 is 1.04 bits per heavy atom. The van der Waals surface area contributed by atoms with E-state index in [-0.39, 0.29) is 24.7 Å². The van der Waals surface area contributed by atoms with Gasteiger partial charge in [-0.3, -0.25) is 9.52 Å².